The number of tetrazole rings is 1. The predicted octanol–water partition coefficient (Wildman–Crippen LogP) is 2.57. The average molecular weight is 454 g/mol. The number of anilines is 1. The van der Waals surface area contributed by atoms with Crippen molar-refractivity contribution in [1.82, 2.24) is 20.6 Å². The highest BCUT2D eigenvalue weighted by Gasteiger charge is 2.15. The summed E-state index contributed by atoms with van der Waals surface area (Å²) in [6, 6.07) is 12.1. The van der Waals surface area contributed by atoms with E-state index < -0.39 is 6.04 Å². The van der Waals surface area contributed by atoms with Crippen molar-refractivity contribution >= 4 is 39.9 Å². The van der Waals surface area contributed by atoms with Crippen molar-refractivity contribution in [3.05, 3.63) is 52.5 Å². The number of benzene rings is 2. The van der Waals surface area contributed by atoms with Gasteiger partial charge >= 0.3 is 0 Å². The summed E-state index contributed by atoms with van der Waals surface area (Å²) in [5, 5.41) is 16.5. The molecule has 0 fully saturated rings. The van der Waals surface area contributed by atoms with Crippen LogP contribution in [0.15, 0.2) is 46.9 Å². The zero-order valence-corrected chi connectivity index (χ0v) is 16.8. The molecule has 0 bridgehead atoms. The van der Waals surface area contributed by atoms with Crippen LogP contribution < -0.4 is 15.8 Å². The van der Waals surface area contributed by atoms with Gasteiger partial charge < -0.3 is 15.8 Å². The van der Waals surface area contributed by atoms with Crippen LogP contribution in [0.4, 0.5) is 5.69 Å². The molecular weight excluding hydrogens is 436 g/mol. The van der Waals surface area contributed by atoms with E-state index in [1.807, 2.05) is 18.2 Å². The molecule has 3 aromatic rings. The summed E-state index contributed by atoms with van der Waals surface area (Å²) >= 11 is 3.43. The largest absolute Gasteiger partial charge is 0.496 e. The first-order chi connectivity index (χ1) is 12.6. The van der Waals surface area contributed by atoms with Gasteiger partial charge in [0, 0.05) is 11.3 Å². The molecule has 27 heavy (non-hydrogen) atoms. The number of halogens is 2. The summed E-state index contributed by atoms with van der Waals surface area (Å²) in [5.41, 5.74) is 8.41. The number of H-pyrrole nitrogens is 1. The Balaban J connectivity index is 0.00000261. The fraction of sp³-hybridized carbons (Fsp3) is 0.176. The molecule has 1 aromatic heterocycles. The first-order valence-corrected chi connectivity index (χ1v) is 8.59. The lowest BCUT2D eigenvalue weighted by Gasteiger charge is -2.13. The van der Waals surface area contributed by atoms with Gasteiger partial charge in [0.15, 0.2) is 0 Å². The number of carbonyl (C=O) groups is 1. The van der Waals surface area contributed by atoms with E-state index in [-0.39, 0.29) is 18.3 Å². The second-order valence-corrected chi connectivity index (χ2v) is 6.44. The van der Waals surface area contributed by atoms with Crippen molar-refractivity contribution in [2.75, 3.05) is 12.4 Å². The molecule has 10 heteroatoms. The lowest BCUT2D eigenvalue weighted by Crippen LogP contribution is -2.37. The lowest BCUT2D eigenvalue weighted by molar-refractivity contribution is -0.117. The Kier molecular flexibility index (Phi) is 7.28. The van der Waals surface area contributed by atoms with E-state index >= 15 is 0 Å². The van der Waals surface area contributed by atoms with Gasteiger partial charge in [0.25, 0.3) is 0 Å². The molecule has 1 atom stereocenters. The smallest absolute Gasteiger partial charge is 0.241 e. The third kappa shape index (κ3) is 5.25. The van der Waals surface area contributed by atoms with Crippen LogP contribution in [-0.4, -0.2) is 39.7 Å². The molecule has 1 heterocycles. The summed E-state index contributed by atoms with van der Waals surface area (Å²) in [7, 11) is 1.60. The van der Waals surface area contributed by atoms with Gasteiger partial charge in [0.05, 0.1) is 17.6 Å². The van der Waals surface area contributed by atoms with Crippen LogP contribution in [0.25, 0.3) is 11.4 Å². The van der Waals surface area contributed by atoms with E-state index in [0.29, 0.717) is 17.9 Å². The van der Waals surface area contributed by atoms with E-state index in [1.54, 1.807) is 31.4 Å². The molecule has 0 saturated heterocycles. The van der Waals surface area contributed by atoms with Gasteiger partial charge in [-0.05, 0) is 69.5 Å². The zero-order chi connectivity index (χ0) is 18.5. The van der Waals surface area contributed by atoms with Gasteiger partial charge in [0.1, 0.15) is 5.75 Å². The maximum atomic E-state index is 12.3. The zero-order valence-electron chi connectivity index (χ0n) is 14.3. The number of amides is 1. The summed E-state index contributed by atoms with van der Waals surface area (Å²) in [4.78, 5) is 12.3. The quantitative estimate of drug-likeness (QED) is 0.528. The molecule has 0 saturated carbocycles. The van der Waals surface area contributed by atoms with E-state index in [0.717, 1.165) is 21.3 Å². The molecule has 0 aliphatic heterocycles. The third-order valence-corrected chi connectivity index (χ3v) is 4.38. The monoisotopic (exact) mass is 452 g/mol. The molecular formula is C17H18BrClN6O2. The number of methoxy groups -OCH3 is 1. The standard InChI is InChI=1S/C17H17BrN6O2.ClH/c1-26-15-7-2-10(8-13(15)18)9-14(19)17(25)20-12-5-3-11(4-6-12)16-21-23-24-22-16;/h2-8,14H,9,19H2,1H3,(H,20,25)(H,21,22,23,24);1H/t14-;/m0./s1. The SMILES string of the molecule is COc1ccc(C[C@H](N)C(=O)Nc2ccc(-c3nn[nH]n3)cc2)cc1Br.Cl. The topological polar surface area (TPSA) is 119 Å². The number of nitrogens with two attached hydrogens (primary N) is 1. The Morgan fingerprint density at radius 2 is 2.04 bits per heavy atom. The minimum Gasteiger partial charge on any atom is -0.496 e. The van der Waals surface area contributed by atoms with Crippen molar-refractivity contribution in [1.29, 1.82) is 0 Å². The summed E-state index contributed by atoms with van der Waals surface area (Å²) in [5.74, 6) is 0.961. The van der Waals surface area contributed by atoms with Gasteiger partial charge in [-0.25, -0.2) is 0 Å². The molecule has 0 unspecified atom stereocenters. The molecule has 3 rings (SSSR count). The van der Waals surface area contributed by atoms with E-state index in [9.17, 15) is 4.79 Å². The van der Waals surface area contributed by atoms with Crippen LogP contribution in [0, 0.1) is 0 Å². The summed E-state index contributed by atoms with van der Waals surface area (Å²) in [6.45, 7) is 0. The molecule has 0 aliphatic rings. The van der Waals surface area contributed by atoms with Gasteiger partial charge in [-0.15, -0.1) is 22.6 Å². The van der Waals surface area contributed by atoms with Crippen LogP contribution in [0.5, 0.6) is 5.75 Å². The number of rotatable bonds is 6. The number of nitrogens with one attached hydrogen (secondary N) is 2. The van der Waals surface area contributed by atoms with E-state index in [1.165, 1.54) is 0 Å². The molecule has 1 amide bonds. The van der Waals surface area contributed by atoms with Crippen molar-refractivity contribution in [3.63, 3.8) is 0 Å². The highest BCUT2D eigenvalue weighted by molar-refractivity contribution is 9.10. The molecule has 142 valence electrons. The summed E-state index contributed by atoms with van der Waals surface area (Å²) in [6.07, 6.45) is 0.412. The van der Waals surface area contributed by atoms with Gasteiger partial charge in [-0.2, -0.15) is 5.21 Å². The highest BCUT2D eigenvalue weighted by atomic mass is 79.9. The normalized spacial score (nSPS) is 11.4. The Morgan fingerprint density at radius 3 is 2.63 bits per heavy atom. The second-order valence-electron chi connectivity index (χ2n) is 5.58. The molecule has 0 aliphatic carbocycles. The van der Waals surface area contributed by atoms with Crippen LogP contribution in [0.2, 0.25) is 0 Å². The van der Waals surface area contributed by atoms with E-state index in [2.05, 4.69) is 41.9 Å². The maximum Gasteiger partial charge on any atom is 0.241 e. The summed E-state index contributed by atoms with van der Waals surface area (Å²) < 4.78 is 6.02. The average Bonchev–Trinajstić information content (AvgIpc) is 3.17. The molecule has 4 N–H and O–H groups in total. The molecule has 8 nitrogen and oxygen atoms in total. The minimum atomic E-state index is -0.674. The van der Waals surface area contributed by atoms with Crippen molar-refractivity contribution in [2.24, 2.45) is 5.73 Å². The number of carbonyl (C=O) groups excluding carboxylic acids is 1. The number of aromatic amines is 1. The fourth-order valence-corrected chi connectivity index (χ4v) is 2.99. The van der Waals surface area contributed by atoms with Gasteiger partial charge in [0.2, 0.25) is 11.7 Å². The number of hydrogen-bond acceptors (Lipinski definition) is 6. The first kappa shape index (κ1) is 20.8. The highest BCUT2D eigenvalue weighted by Crippen LogP contribution is 2.26. The third-order valence-electron chi connectivity index (χ3n) is 3.76. The Morgan fingerprint density at radius 1 is 1.30 bits per heavy atom. The van der Waals surface area contributed by atoms with Crippen molar-refractivity contribution in [3.8, 4) is 17.1 Å². The van der Waals surface area contributed by atoms with Gasteiger partial charge in [-0.1, -0.05) is 6.07 Å². The number of nitrogens with zero attached hydrogens (tertiary/aromatic N) is 3. The first-order valence-electron chi connectivity index (χ1n) is 7.79. The van der Waals surface area contributed by atoms with Gasteiger partial charge in [-0.3, -0.25) is 4.79 Å². The Labute approximate surface area is 170 Å². The van der Waals surface area contributed by atoms with Crippen LogP contribution in [-0.2, 0) is 11.2 Å². The molecule has 0 radical (unpaired) electrons. The molecule has 2 aromatic carbocycles. The Bertz CT molecular complexity index is 889. The predicted molar refractivity (Wildman–Crippen MR) is 108 cm³/mol. The van der Waals surface area contributed by atoms with Crippen LogP contribution in [0.1, 0.15) is 5.56 Å². The minimum absolute atomic E-state index is 0. The second kappa shape index (κ2) is 9.45. The Hall–Kier alpha value is -2.49. The lowest BCUT2D eigenvalue weighted by atomic mass is 10.1. The van der Waals surface area contributed by atoms with Crippen LogP contribution in [0.3, 0.4) is 0 Å². The fourth-order valence-electron chi connectivity index (χ4n) is 2.41. The van der Waals surface area contributed by atoms with Crippen molar-refractivity contribution < 1.29 is 9.53 Å². The van der Waals surface area contributed by atoms with Crippen molar-refractivity contribution in [2.45, 2.75) is 12.5 Å². The van der Waals surface area contributed by atoms with Crippen LogP contribution >= 0.6 is 28.3 Å². The number of hydrogen-bond donors (Lipinski definition) is 3. The number of ether oxygens (including phenoxy) is 1. The molecule has 0 spiro atoms. The maximum absolute atomic E-state index is 12.3. The van der Waals surface area contributed by atoms with E-state index in [4.69, 9.17) is 10.5 Å². The number of aromatic nitrogens is 4.